The highest BCUT2D eigenvalue weighted by molar-refractivity contribution is 9.10. The van der Waals surface area contributed by atoms with Crippen LogP contribution in [0.1, 0.15) is 55.2 Å². The van der Waals surface area contributed by atoms with Gasteiger partial charge in [0.1, 0.15) is 4.34 Å². The number of alkyl halides is 1. The van der Waals surface area contributed by atoms with Gasteiger partial charge in [0.2, 0.25) is 0 Å². The Hall–Kier alpha value is 0.760. The summed E-state index contributed by atoms with van der Waals surface area (Å²) < 4.78 is 1.82. The van der Waals surface area contributed by atoms with E-state index in [0.717, 1.165) is 20.6 Å². The summed E-state index contributed by atoms with van der Waals surface area (Å²) >= 11 is 18.0. The maximum Gasteiger partial charge on any atom is 0.107 e. The third-order valence-electron chi connectivity index (χ3n) is 4.93. The van der Waals surface area contributed by atoms with Crippen molar-refractivity contribution in [1.29, 1.82) is 0 Å². The van der Waals surface area contributed by atoms with E-state index in [4.69, 9.17) is 23.2 Å². The molecule has 4 atom stereocenters. The normalized spacial score (nSPS) is 32.9. The zero-order valence-electron chi connectivity index (χ0n) is 10.9. The summed E-state index contributed by atoms with van der Waals surface area (Å²) in [6.45, 7) is 0. The Balaban J connectivity index is 1.68. The molecular weight excluding hydrogens is 363 g/mol. The number of halogens is 3. The maximum absolute atomic E-state index is 6.73. The van der Waals surface area contributed by atoms with Crippen molar-refractivity contribution in [2.75, 3.05) is 0 Å². The SMILES string of the molecule is Clc1sc(C(Cl)C2CCC3CCCCC3C2)cc1Br. The van der Waals surface area contributed by atoms with Crippen LogP contribution in [0.15, 0.2) is 10.5 Å². The third-order valence-corrected chi connectivity index (χ3v) is 8.21. The molecule has 0 spiro atoms. The minimum atomic E-state index is 0.150. The van der Waals surface area contributed by atoms with Crippen molar-refractivity contribution in [3.8, 4) is 0 Å². The molecule has 0 saturated heterocycles. The van der Waals surface area contributed by atoms with Gasteiger partial charge >= 0.3 is 0 Å². The van der Waals surface area contributed by atoms with Crippen molar-refractivity contribution in [1.82, 2.24) is 0 Å². The molecule has 0 aliphatic heterocycles. The molecule has 0 nitrogen and oxygen atoms in total. The van der Waals surface area contributed by atoms with E-state index in [9.17, 15) is 0 Å². The van der Waals surface area contributed by atoms with Gasteiger partial charge < -0.3 is 0 Å². The first-order chi connectivity index (χ1) is 9.15. The number of rotatable bonds is 2. The molecule has 2 saturated carbocycles. The molecule has 4 unspecified atom stereocenters. The van der Waals surface area contributed by atoms with Gasteiger partial charge in [-0.05, 0) is 59.0 Å². The summed E-state index contributed by atoms with van der Waals surface area (Å²) in [5.41, 5.74) is 0. The highest BCUT2D eigenvalue weighted by atomic mass is 79.9. The van der Waals surface area contributed by atoms with Crippen LogP contribution in [0.5, 0.6) is 0 Å². The van der Waals surface area contributed by atoms with E-state index < -0.39 is 0 Å². The molecule has 2 fully saturated rings. The average molecular weight is 382 g/mol. The number of fused-ring (bicyclic) bond motifs is 1. The molecule has 2 aliphatic rings. The summed E-state index contributed by atoms with van der Waals surface area (Å²) in [6.07, 6.45) is 9.77. The highest BCUT2D eigenvalue weighted by Crippen LogP contribution is 2.49. The highest BCUT2D eigenvalue weighted by Gasteiger charge is 2.35. The van der Waals surface area contributed by atoms with E-state index in [2.05, 4.69) is 22.0 Å². The van der Waals surface area contributed by atoms with E-state index >= 15 is 0 Å². The Morgan fingerprint density at radius 1 is 1.16 bits per heavy atom. The minimum absolute atomic E-state index is 0.150. The van der Waals surface area contributed by atoms with Gasteiger partial charge in [0, 0.05) is 9.35 Å². The molecule has 4 heteroatoms. The van der Waals surface area contributed by atoms with Crippen LogP contribution in [0, 0.1) is 17.8 Å². The predicted octanol–water partition coefficient (Wildman–Crippen LogP) is 7.05. The first kappa shape index (κ1) is 14.7. The molecule has 0 amide bonds. The molecule has 1 heterocycles. The lowest BCUT2D eigenvalue weighted by molar-refractivity contribution is 0.128. The van der Waals surface area contributed by atoms with Crippen molar-refractivity contribution in [2.45, 2.75) is 50.3 Å². The third kappa shape index (κ3) is 3.17. The van der Waals surface area contributed by atoms with E-state index in [-0.39, 0.29) is 5.38 Å². The van der Waals surface area contributed by atoms with Crippen molar-refractivity contribution >= 4 is 50.5 Å². The molecule has 0 radical (unpaired) electrons. The van der Waals surface area contributed by atoms with Gasteiger partial charge in [-0.3, -0.25) is 0 Å². The van der Waals surface area contributed by atoms with Gasteiger partial charge in [-0.2, -0.15) is 0 Å². The van der Waals surface area contributed by atoms with Gasteiger partial charge in [-0.15, -0.1) is 22.9 Å². The van der Waals surface area contributed by atoms with Gasteiger partial charge in [-0.25, -0.2) is 0 Å². The molecular formula is C15H19BrCl2S. The van der Waals surface area contributed by atoms with Crippen LogP contribution < -0.4 is 0 Å². The van der Waals surface area contributed by atoms with Gasteiger partial charge in [0.05, 0.1) is 5.38 Å². The Bertz CT molecular complexity index is 426. The lowest BCUT2D eigenvalue weighted by atomic mass is 9.67. The minimum Gasteiger partial charge on any atom is -0.126 e. The monoisotopic (exact) mass is 380 g/mol. The standard InChI is InChI=1S/C15H19BrCl2S/c16-12-8-13(19-15(12)18)14(17)11-6-5-9-3-1-2-4-10(9)7-11/h8-11,14H,1-7H2. The fourth-order valence-corrected chi connectivity index (χ4v) is 6.14. The van der Waals surface area contributed by atoms with E-state index in [0.29, 0.717) is 5.92 Å². The molecule has 1 aromatic heterocycles. The smallest absolute Gasteiger partial charge is 0.107 e. The summed E-state index contributed by atoms with van der Waals surface area (Å²) in [5, 5.41) is 0.150. The summed E-state index contributed by atoms with van der Waals surface area (Å²) in [6, 6.07) is 2.11. The average Bonchev–Trinajstić information content (AvgIpc) is 2.77. The van der Waals surface area contributed by atoms with Crippen LogP contribution in [0.3, 0.4) is 0 Å². The van der Waals surface area contributed by atoms with Crippen LogP contribution in [0.2, 0.25) is 4.34 Å². The lowest BCUT2D eigenvalue weighted by Gasteiger charge is -2.40. The Morgan fingerprint density at radius 3 is 2.58 bits per heavy atom. The summed E-state index contributed by atoms with van der Waals surface area (Å²) in [7, 11) is 0. The molecule has 3 rings (SSSR count). The van der Waals surface area contributed by atoms with Crippen molar-refractivity contribution in [2.24, 2.45) is 17.8 Å². The fourth-order valence-electron chi connectivity index (χ4n) is 3.91. The van der Waals surface area contributed by atoms with Crippen LogP contribution >= 0.6 is 50.5 Å². The second-order valence-corrected chi connectivity index (χ2v) is 9.06. The molecule has 0 aromatic carbocycles. The topological polar surface area (TPSA) is 0 Å². The predicted molar refractivity (Wildman–Crippen MR) is 88.4 cm³/mol. The molecule has 106 valence electrons. The van der Waals surface area contributed by atoms with Crippen LogP contribution in [-0.4, -0.2) is 0 Å². The first-order valence-corrected chi connectivity index (χ1v) is 9.66. The molecule has 1 aromatic rings. The second kappa shape index (κ2) is 6.25. The van der Waals surface area contributed by atoms with Crippen molar-refractivity contribution in [3.05, 3.63) is 19.8 Å². The summed E-state index contributed by atoms with van der Waals surface area (Å²) in [5.74, 6) is 2.57. The molecule has 2 aliphatic carbocycles. The quantitative estimate of drug-likeness (QED) is 0.481. The van der Waals surface area contributed by atoms with Crippen molar-refractivity contribution in [3.63, 3.8) is 0 Å². The Labute approximate surface area is 138 Å². The lowest BCUT2D eigenvalue weighted by Crippen LogP contribution is -2.29. The second-order valence-electron chi connectivity index (χ2n) is 6.05. The fraction of sp³-hybridized carbons (Fsp3) is 0.733. The molecule has 19 heavy (non-hydrogen) atoms. The van der Waals surface area contributed by atoms with Crippen LogP contribution in [-0.2, 0) is 0 Å². The maximum atomic E-state index is 6.73. The Morgan fingerprint density at radius 2 is 1.89 bits per heavy atom. The number of hydrogen-bond acceptors (Lipinski definition) is 1. The van der Waals surface area contributed by atoms with Gasteiger partial charge in [0.25, 0.3) is 0 Å². The number of hydrogen-bond donors (Lipinski definition) is 0. The van der Waals surface area contributed by atoms with E-state index in [1.165, 1.54) is 49.8 Å². The zero-order valence-corrected chi connectivity index (χ0v) is 14.8. The van der Waals surface area contributed by atoms with E-state index in [1.54, 1.807) is 11.3 Å². The molecule has 0 bridgehead atoms. The largest absolute Gasteiger partial charge is 0.126 e. The van der Waals surface area contributed by atoms with Crippen molar-refractivity contribution < 1.29 is 0 Å². The zero-order chi connectivity index (χ0) is 13.4. The Kier molecular flexibility index (Phi) is 4.83. The van der Waals surface area contributed by atoms with Gasteiger partial charge in [-0.1, -0.05) is 37.3 Å². The molecule has 0 N–H and O–H groups in total. The van der Waals surface area contributed by atoms with Crippen LogP contribution in [0.25, 0.3) is 0 Å². The van der Waals surface area contributed by atoms with Crippen LogP contribution in [0.4, 0.5) is 0 Å². The van der Waals surface area contributed by atoms with Gasteiger partial charge in [0.15, 0.2) is 0 Å². The van der Waals surface area contributed by atoms with E-state index in [1.807, 2.05) is 0 Å². The summed E-state index contributed by atoms with van der Waals surface area (Å²) in [4.78, 5) is 1.23. The first-order valence-electron chi connectivity index (χ1n) is 7.24. The number of thiophene rings is 1.